The fraction of sp³-hybridized carbons (Fsp3) is 0.455. The summed E-state index contributed by atoms with van der Waals surface area (Å²) >= 11 is 1.59. The van der Waals surface area contributed by atoms with Gasteiger partial charge in [0, 0.05) is 13.1 Å². The van der Waals surface area contributed by atoms with E-state index in [4.69, 9.17) is 9.47 Å². The topological polar surface area (TPSA) is 56.3 Å². The van der Waals surface area contributed by atoms with Gasteiger partial charge in [0.1, 0.15) is 23.7 Å². The molecule has 0 radical (unpaired) electrons. The number of aromatic nitrogens is 2. The molecule has 1 atom stereocenters. The van der Waals surface area contributed by atoms with Crippen LogP contribution in [0.5, 0.6) is 5.88 Å². The third kappa shape index (κ3) is 2.38. The molecular weight excluding hydrogens is 238 g/mol. The maximum atomic E-state index is 5.71. The second kappa shape index (κ2) is 4.95. The first-order chi connectivity index (χ1) is 8.43. The average Bonchev–Trinajstić information content (AvgIpc) is 2.86. The van der Waals surface area contributed by atoms with Crippen molar-refractivity contribution in [2.75, 3.05) is 26.3 Å². The van der Waals surface area contributed by atoms with Gasteiger partial charge >= 0.3 is 0 Å². The van der Waals surface area contributed by atoms with Crippen LogP contribution >= 0.6 is 11.3 Å². The van der Waals surface area contributed by atoms with Gasteiger partial charge in [-0.05, 0) is 11.4 Å². The van der Waals surface area contributed by atoms with E-state index in [-0.39, 0.29) is 6.10 Å². The molecule has 2 aromatic rings. The molecule has 17 heavy (non-hydrogen) atoms. The van der Waals surface area contributed by atoms with Crippen LogP contribution in [0.25, 0.3) is 10.2 Å². The Kier molecular flexibility index (Phi) is 3.17. The summed E-state index contributed by atoms with van der Waals surface area (Å²) < 4.78 is 12.3. The van der Waals surface area contributed by atoms with Crippen LogP contribution in [0.3, 0.4) is 0 Å². The largest absolute Gasteiger partial charge is 0.474 e. The Morgan fingerprint density at radius 1 is 1.53 bits per heavy atom. The number of hydrogen-bond donors (Lipinski definition) is 1. The smallest absolute Gasteiger partial charge is 0.234 e. The zero-order valence-corrected chi connectivity index (χ0v) is 10.1. The quantitative estimate of drug-likeness (QED) is 0.884. The standard InChI is InChI=1S/C11H13N3O2S/c1-4-17-10-9(1)13-7-14-11(10)16-6-8-5-12-2-3-15-8/h1,4,7-8,12H,2-3,5-6H2. The second-order valence-corrected chi connectivity index (χ2v) is 4.74. The summed E-state index contributed by atoms with van der Waals surface area (Å²) in [5.41, 5.74) is 0.933. The summed E-state index contributed by atoms with van der Waals surface area (Å²) in [5.74, 6) is 0.652. The lowest BCUT2D eigenvalue weighted by molar-refractivity contribution is -0.000370. The van der Waals surface area contributed by atoms with Gasteiger partial charge in [-0.2, -0.15) is 0 Å². The van der Waals surface area contributed by atoms with Crippen molar-refractivity contribution in [3.8, 4) is 5.88 Å². The first-order valence-corrected chi connectivity index (χ1v) is 6.45. The number of thiophene rings is 1. The third-order valence-electron chi connectivity index (χ3n) is 2.62. The first kappa shape index (κ1) is 10.9. The van der Waals surface area contributed by atoms with E-state index in [9.17, 15) is 0 Å². The van der Waals surface area contributed by atoms with Gasteiger partial charge < -0.3 is 14.8 Å². The molecule has 0 spiro atoms. The van der Waals surface area contributed by atoms with Crippen LogP contribution in [0.2, 0.25) is 0 Å². The molecular formula is C11H13N3O2S. The molecule has 0 saturated carbocycles. The molecule has 0 aliphatic carbocycles. The van der Waals surface area contributed by atoms with Crippen LogP contribution < -0.4 is 10.1 Å². The van der Waals surface area contributed by atoms with Crippen LogP contribution in [0.1, 0.15) is 0 Å². The van der Waals surface area contributed by atoms with Crippen LogP contribution in [-0.2, 0) is 4.74 Å². The van der Waals surface area contributed by atoms with E-state index in [1.807, 2.05) is 11.4 Å². The minimum absolute atomic E-state index is 0.105. The highest BCUT2D eigenvalue weighted by atomic mass is 32.1. The summed E-state index contributed by atoms with van der Waals surface area (Å²) in [7, 11) is 0. The van der Waals surface area contributed by atoms with Crippen molar-refractivity contribution in [3.05, 3.63) is 17.8 Å². The molecule has 0 aromatic carbocycles. The zero-order chi connectivity index (χ0) is 11.5. The van der Waals surface area contributed by atoms with Crippen molar-refractivity contribution < 1.29 is 9.47 Å². The normalized spacial score (nSPS) is 20.6. The monoisotopic (exact) mass is 251 g/mol. The van der Waals surface area contributed by atoms with E-state index in [1.165, 1.54) is 6.33 Å². The van der Waals surface area contributed by atoms with Crippen LogP contribution in [0, 0.1) is 0 Å². The maximum absolute atomic E-state index is 5.71. The van der Waals surface area contributed by atoms with E-state index >= 15 is 0 Å². The molecule has 1 aliphatic rings. The van der Waals surface area contributed by atoms with Crippen LogP contribution in [0.4, 0.5) is 0 Å². The highest BCUT2D eigenvalue weighted by molar-refractivity contribution is 7.17. The Balaban J connectivity index is 1.69. The highest BCUT2D eigenvalue weighted by Crippen LogP contribution is 2.26. The Morgan fingerprint density at radius 3 is 3.41 bits per heavy atom. The number of fused-ring (bicyclic) bond motifs is 1. The van der Waals surface area contributed by atoms with Crippen molar-refractivity contribution in [3.63, 3.8) is 0 Å². The van der Waals surface area contributed by atoms with Gasteiger partial charge in [-0.25, -0.2) is 9.97 Å². The molecule has 1 unspecified atom stereocenters. The number of nitrogens with zero attached hydrogens (tertiary/aromatic N) is 2. The van der Waals surface area contributed by atoms with Crippen molar-refractivity contribution in [1.29, 1.82) is 0 Å². The molecule has 1 N–H and O–H groups in total. The van der Waals surface area contributed by atoms with E-state index in [2.05, 4.69) is 15.3 Å². The Morgan fingerprint density at radius 2 is 2.53 bits per heavy atom. The summed E-state index contributed by atoms with van der Waals surface area (Å²) in [5, 5.41) is 5.26. The lowest BCUT2D eigenvalue weighted by atomic mass is 10.3. The minimum Gasteiger partial charge on any atom is -0.474 e. The molecule has 1 saturated heterocycles. The molecule has 1 fully saturated rings. The number of ether oxygens (including phenoxy) is 2. The Hall–Kier alpha value is -1.24. The van der Waals surface area contributed by atoms with Gasteiger partial charge in [-0.1, -0.05) is 0 Å². The summed E-state index contributed by atoms with van der Waals surface area (Å²) in [6.45, 7) is 3.01. The van der Waals surface area contributed by atoms with Gasteiger partial charge in [0.2, 0.25) is 5.88 Å². The van der Waals surface area contributed by atoms with Crippen molar-refractivity contribution in [1.82, 2.24) is 15.3 Å². The molecule has 5 nitrogen and oxygen atoms in total. The number of hydrogen-bond acceptors (Lipinski definition) is 6. The van der Waals surface area contributed by atoms with Gasteiger partial charge in [-0.3, -0.25) is 0 Å². The van der Waals surface area contributed by atoms with Crippen molar-refractivity contribution in [2.45, 2.75) is 6.10 Å². The molecule has 0 amide bonds. The number of rotatable bonds is 3. The predicted molar refractivity (Wildman–Crippen MR) is 65.5 cm³/mol. The van der Waals surface area contributed by atoms with E-state index in [1.54, 1.807) is 11.3 Å². The van der Waals surface area contributed by atoms with Gasteiger partial charge in [-0.15, -0.1) is 11.3 Å². The van der Waals surface area contributed by atoms with Crippen molar-refractivity contribution in [2.24, 2.45) is 0 Å². The van der Waals surface area contributed by atoms with E-state index < -0.39 is 0 Å². The summed E-state index contributed by atoms with van der Waals surface area (Å²) in [4.78, 5) is 8.34. The maximum Gasteiger partial charge on any atom is 0.234 e. The summed E-state index contributed by atoms with van der Waals surface area (Å²) in [6.07, 6.45) is 1.64. The molecule has 3 heterocycles. The van der Waals surface area contributed by atoms with Crippen LogP contribution in [-0.4, -0.2) is 42.4 Å². The van der Waals surface area contributed by atoms with Gasteiger partial charge in [0.25, 0.3) is 0 Å². The van der Waals surface area contributed by atoms with Crippen molar-refractivity contribution >= 4 is 21.6 Å². The Labute approximate surface area is 103 Å². The second-order valence-electron chi connectivity index (χ2n) is 3.82. The lowest BCUT2D eigenvalue weighted by Crippen LogP contribution is -2.41. The van der Waals surface area contributed by atoms with E-state index in [0.29, 0.717) is 12.5 Å². The summed E-state index contributed by atoms with van der Waals surface area (Å²) in [6, 6.07) is 1.97. The first-order valence-electron chi connectivity index (χ1n) is 5.57. The predicted octanol–water partition coefficient (Wildman–Crippen LogP) is 1.06. The lowest BCUT2D eigenvalue weighted by Gasteiger charge is -2.23. The molecule has 1 aliphatic heterocycles. The van der Waals surface area contributed by atoms with Gasteiger partial charge in [0.15, 0.2) is 0 Å². The molecule has 3 rings (SSSR count). The third-order valence-corrected chi connectivity index (χ3v) is 3.51. The molecule has 2 aromatic heterocycles. The number of morpholine rings is 1. The average molecular weight is 251 g/mol. The Bertz CT molecular complexity index is 496. The van der Waals surface area contributed by atoms with Crippen LogP contribution in [0.15, 0.2) is 17.8 Å². The number of nitrogens with one attached hydrogen (secondary N) is 1. The molecule has 0 bridgehead atoms. The SMILES string of the molecule is c1nc(OCC2CNCCO2)c2sccc2n1. The molecule has 6 heteroatoms. The fourth-order valence-corrected chi connectivity index (χ4v) is 2.55. The minimum atomic E-state index is 0.105. The zero-order valence-electron chi connectivity index (χ0n) is 9.26. The molecule has 90 valence electrons. The fourth-order valence-electron chi connectivity index (χ4n) is 1.77. The van der Waals surface area contributed by atoms with Gasteiger partial charge in [0.05, 0.1) is 12.1 Å². The van der Waals surface area contributed by atoms with E-state index in [0.717, 1.165) is 29.9 Å². The highest BCUT2D eigenvalue weighted by Gasteiger charge is 2.15.